The molecule has 2 atom stereocenters. The van der Waals surface area contributed by atoms with Crippen LogP contribution in [-0.2, 0) is 0 Å². The van der Waals surface area contributed by atoms with Crippen LogP contribution in [0.1, 0.15) is 50.0 Å². The second-order valence-electron chi connectivity index (χ2n) is 6.11. The molecule has 0 spiro atoms. The molecule has 1 N–H and O–H groups in total. The number of ether oxygens (including phenoxy) is 1. The number of hydrogen-bond donors (Lipinski definition) is 1. The first kappa shape index (κ1) is 13.0. The van der Waals surface area contributed by atoms with E-state index in [9.17, 15) is 0 Å². The summed E-state index contributed by atoms with van der Waals surface area (Å²) in [5, 5.41) is 3.72. The molecule has 0 aliphatic heterocycles. The predicted molar refractivity (Wildman–Crippen MR) is 78.7 cm³/mol. The highest BCUT2D eigenvalue weighted by atomic mass is 16.5. The maximum Gasteiger partial charge on any atom is 0.118 e. The van der Waals surface area contributed by atoms with Gasteiger partial charge in [0.1, 0.15) is 5.75 Å². The van der Waals surface area contributed by atoms with Crippen LogP contribution in [0.4, 0.5) is 0 Å². The van der Waals surface area contributed by atoms with Gasteiger partial charge in [-0.05, 0) is 61.8 Å². The van der Waals surface area contributed by atoms with Gasteiger partial charge in [-0.25, -0.2) is 0 Å². The molecule has 3 rings (SSSR count). The second-order valence-corrected chi connectivity index (χ2v) is 6.11. The van der Waals surface area contributed by atoms with E-state index in [-0.39, 0.29) is 0 Å². The van der Waals surface area contributed by atoms with Gasteiger partial charge in [0.2, 0.25) is 0 Å². The number of nitrogens with one attached hydrogen (secondary N) is 1. The third-order valence-corrected chi connectivity index (χ3v) is 4.70. The summed E-state index contributed by atoms with van der Waals surface area (Å²) in [6.07, 6.45) is 8.31. The van der Waals surface area contributed by atoms with Crippen LogP contribution in [0.2, 0.25) is 0 Å². The van der Waals surface area contributed by atoms with Gasteiger partial charge in [0.15, 0.2) is 0 Å². The summed E-state index contributed by atoms with van der Waals surface area (Å²) in [4.78, 5) is 0. The van der Waals surface area contributed by atoms with Crippen LogP contribution < -0.4 is 10.1 Å². The predicted octanol–water partition coefficient (Wildman–Crippen LogP) is 3.72. The van der Waals surface area contributed by atoms with Gasteiger partial charge in [-0.3, -0.25) is 0 Å². The van der Waals surface area contributed by atoms with E-state index >= 15 is 0 Å². The van der Waals surface area contributed by atoms with E-state index in [0.717, 1.165) is 23.6 Å². The molecule has 2 unspecified atom stereocenters. The van der Waals surface area contributed by atoms with Crippen molar-refractivity contribution in [3.05, 3.63) is 29.8 Å². The molecule has 0 heterocycles. The fourth-order valence-corrected chi connectivity index (χ4v) is 3.35. The Balaban J connectivity index is 1.66. The van der Waals surface area contributed by atoms with Crippen molar-refractivity contribution in [3.63, 3.8) is 0 Å². The Morgan fingerprint density at radius 3 is 2.47 bits per heavy atom. The summed E-state index contributed by atoms with van der Waals surface area (Å²) in [6.45, 7) is 1.21. The SMILES string of the molecule is COc1ccc(C2CCCCC2CNC2CC2)cc1. The Hall–Kier alpha value is -1.02. The summed E-state index contributed by atoms with van der Waals surface area (Å²) in [5.41, 5.74) is 1.50. The van der Waals surface area contributed by atoms with Crippen LogP contribution in [0.5, 0.6) is 5.75 Å². The summed E-state index contributed by atoms with van der Waals surface area (Å²) in [5.74, 6) is 2.53. The molecule has 0 saturated heterocycles. The fraction of sp³-hybridized carbons (Fsp3) is 0.647. The quantitative estimate of drug-likeness (QED) is 0.870. The molecule has 0 radical (unpaired) electrons. The summed E-state index contributed by atoms with van der Waals surface area (Å²) < 4.78 is 5.26. The van der Waals surface area contributed by atoms with Crippen molar-refractivity contribution in [2.75, 3.05) is 13.7 Å². The smallest absolute Gasteiger partial charge is 0.118 e. The zero-order chi connectivity index (χ0) is 13.1. The molecule has 2 saturated carbocycles. The Morgan fingerprint density at radius 1 is 1.05 bits per heavy atom. The van der Waals surface area contributed by atoms with Gasteiger partial charge < -0.3 is 10.1 Å². The molecule has 104 valence electrons. The van der Waals surface area contributed by atoms with Crippen molar-refractivity contribution in [2.24, 2.45) is 5.92 Å². The largest absolute Gasteiger partial charge is 0.497 e. The molecule has 2 fully saturated rings. The normalized spacial score (nSPS) is 27.2. The van der Waals surface area contributed by atoms with Gasteiger partial charge in [0.05, 0.1) is 7.11 Å². The van der Waals surface area contributed by atoms with Crippen molar-refractivity contribution in [2.45, 2.75) is 50.5 Å². The van der Waals surface area contributed by atoms with Crippen LogP contribution in [0.3, 0.4) is 0 Å². The van der Waals surface area contributed by atoms with E-state index < -0.39 is 0 Å². The fourth-order valence-electron chi connectivity index (χ4n) is 3.35. The molecule has 1 aromatic rings. The maximum atomic E-state index is 5.26. The highest BCUT2D eigenvalue weighted by molar-refractivity contribution is 5.30. The van der Waals surface area contributed by atoms with Gasteiger partial charge in [-0.2, -0.15) is 0 Å². The average molecular weight is 259 g/mol. The van der Waals surface area contributed by atoms with Crippen LogP contribution >= 0.6 is 0 Å². The van der Waals surface area contributed by atoms with Crippen molar-refractivity contribution >= 4 is 0 Å². The van der Waals surface area contributed by atoms with Gasteiger partial charge in [0, 0.05) is 6.04 Å². The number of methoxy groups -OCH3 is 1. The minimum atomic E-state index is 0.742. The summed E-state index contributed by atoms with van der Waals surface area (Å²) in [7, 11) is 1.73. The monoisotopic (exact) mass is 259 g/mol. The van der Waals surface area contributed by atoms with E-state index in [1.54, 1.807) is 7.11 Å². The molecular formula is C17H25NO. The zero-order valence-electron chi connectivity index (χ0n) is 11.9. The Bertz CT molecular complexity index is 396. The summed E-state index contributed by atoms with van der Waals surface area (Å²) >= 11 is 0. The molecule has 2 heteroatoms. The first-order valence-electron chi connectivity index (χ1n) is 7.74. The van der Waals surface area contributed by atoms with Gasteiger partial charge in [-0.1, -0.05) is 25.0 Å². The molecule has 2 aliphatic carbocycles. The van der Waals surface area contributed by atoms with E-state index in [1.165, 1.54) is 50.6 Å². The number of hydrogen-bond acceptors (Lipinski definition) is 2. The lowest BCUT2D eigenvalue weighted by atomic mass is 9.75. The second kappa shape index (κ2) is 5.96. The minimum absolute atomic E-state index is 0.742. The van der Waals surface area contributed by atoms with E-state index in [2.05, 4.69) is 29.6 Å². The first-order valence-corrected chi connectivity index (χ1v) is 7.74. The van der Waals surface area contributed by atoms with Crippen molar-refractivity contribution in [1.82, 2.24) is 5.32 Å². The molecule has 1 aromatic carbocycles. The zero-order valence-corrected chi connectivity index (χ0v) is 11.9. The lowest BCUT2D eigenvalue weighted by Gasteiger charge is -2.32. The van der Waals surface area contributed by atoms with Gasteiger partial charge in [-0.15, -0.1) is 0 Å². The van der Waals surface area contributed by atoms with Crippen molar-refractivity contribution < 1.29 is 4.74 Å². The number of benzene rings is 1. The Labute approximate surface area is 116 Å². The van der Waals surface area contributed by atoms with Crippen molar-refractivity contribution in [1.29, 1.82) is 0 Å². The van der Waals surface area contributed by atoms with Crippen LogP contribution in [-0.4, -0.2) is 19.7 Å². The van der Waals surface area contributed by atoms with Crippen LogP contribution in [0.25, 0.3) is 0 Å². The molecule has 2 aliphatic rings. The van der Waals surface area contributed by atoms with E-state index in [1.807, 2.05) is 0 Å². The Kier molecular flexibility index (Phi) is 4.07. The third kappa shape index (κ3) is 3.30. The van der Waals surface area contributed by atoms with E-state index in [0.29, 0.717) is 0 Å². The molecule has 19 heavy (non-hydrogen) atoms. The average Bonchev–Trinajstić information content (AvgIpc) is 3.30. The van der Waals surface area contributed by atoms with Crippen LogP contribution in [0, 0.1) is 5.92 Å². The lowest BCUT2D eigenvalue weighted by molar-refractivity contribution is 0.294. The summed E-state index contributed by atoms with van der Waals surface area (Å²) in [6, 6.07) is 9.57. The Morgan fingerprint density at radius 2 is 1.79 bits per heavy atom. The van der Waals surface area contributed by atoms with Gasteiger partial charge in [0.25, 0.3) is 0 Å². The molecule has 0 amide bonds. The highest BCUT2D eigenvalue weighted by Gasteiger charge is 2.28. The van der Waals surface area contributed by atoms with Crippen molar-refractivity contribution in [3.8, 4) is 5.75 Å². The highest BCUT2D eigenvalue weighted by Crippen LogP contribution is 2.38. The maximum absolute atomic E-state index is 5.26. The number of rotatable bonds is 5. The van der Waals surface area contributed by atoms with Crippen LogP contribution in [0.15, 0.2) is 24.3 Å². The molecular weight excluding hydrogens is 234 g/mol. The topological polar surface area (TPSA) is 21.3 Å². The minimum Gasteiger partial charge on any atom is -0.497 e. The molecule has 2 nitrogen and oxygen atoms in total. The standard InChI is InChI=1S/C17H25NO/c1-19-16-10-6-13(7-11-16)17-5-3-2-4-14(17)12-18-15-8-9-15/h6-7,10-11,14-15,17-18H,2-5,8-9,12H2,1H3. The molecule has 0 bridgehead atoms. The lowest BCUT2D eigenvalue weighted by Crippen LogP contribution is -2.30. The third-order valence-electron chi connectivity index (χ3n) is 4.70. The molecule has 0 aromatic heterocycles. The van der Waals surface area contributed by atoms with E-state index in [4.69, 9.17) is 4.74 Å². The first-order chi connectivity index (χ1) is 9.36. The van der Waals surface area contributed by atoms with Gasteiger partial charge >= 0.3 is 0 Å².